The molecule has 53 heavy (non-hydrogen) atoms. The van der Waals surface area contributed by atoms with Crippen LogP contribution < -0.4 is 5.32 Å². The van der Waals surface area contributed by atoms with Gasteiger partial charge in [-0.2, -0.15) is 0 Å². The number of aliphatic hydroxyl groups is 2. The van der Waals surface area contributed by atoms with Gasteiger partial charge < -0.3 is 24.9 Å². The van der Waals surface area contributed by atoms with Crippen LogP contribution in [0.3, 0.4) is 0 Å². The fraction of sp³-hybridized carbons (Fsp3) is 0.744. The summed E-state index contributed by atoms with van der Waals surface area (Å²) in [5.74, 6) is -0.318. The minimum Gasteiger partial charge on any atom is -0.390 e. The molecule has 1 amide bonds. The SMILES string of the molecule is CC/C=C\C/C=C\C/C=C\C/C=C\C/C=C\CCCC(=O)NC(COP(=O)(O)OCC[N+](C)(C)C)C(O)C(O)CCCCCCCCCCCCCC. The van der Waals surface area contributed by atoms with Gasteiger partial charge in [-0.15, -0.1) is 0 Å². The van der Waals surface area contributed by atoms with Gasteiger partial charge in [0.05, 0.1) is 39.9 Å². The molecule has 10 heteroatoms. The van der Waals surface area contributed by atoms with Gasteiger partial charge in [-0.3, -0.25) is 13.8 Å². The molecule has 0 aliphatic carbocycles. The summed E-state index contributed by atoms with van der Waals surface area (Å²) in [6.07, 6.45) is 40.0. The lowest BCUT2D eigenvalue weighted by molar-refractivity contribution is -0.870. The molecule has 0 saturated heterocycles. The maximum Gasteiger partial charge on any atom is 0.472 e. The first kappa shape index (κ1) is 51.2. The molecular formula is C43H80N2O7P+. The third-order valence-corrected chi connectivity index (χ3v) is 9.86. The van der Waals surface area contributed by atoms with Crippen molar-refractivity contribution in [3.05, 3.63) is 60.8 Å². The number of aliphatic hydroxyl groups excluding tert-OH is 2. The molecule has 0 heterocycles. The molecule has 4 atom stereocenters. The van der Waals surface area contributed by atoms with Crippen LogP contribution in [0.15, 0.2) is 60.8 Å². The van der Waals surface area contributed by atoms with Crippen LogP contribution in [0.2, 0.25) is 0 Å². The lowest BCUT2D eigenvalue weighted by Crippen LogP contribution is -2.51. The number of unbranched alkanes of at least 4 members (excludes halogenated alkanes) is 12. The van der Waals surface area contributed by atoms with Crippen molar-refractivity contribution < 1.29 is 38.0 Å². The standard InChI is InChI=1S/C43H79N2O7P/c1-6-8-10-12-14-16-18-20-21-22-23-24-26-28-30-32-34-36-42(47)44-40(39-52-53(49,50)51-38-37-45(3,4)5)43(48)41(46)35-33-31-29-27-25-19-17-15-13-11-9-7-2/h8,10,14,16,20-21,23-24,28,30,40-41,43,46,48H,6-7,9,11-13,15,17-19,22,25-27,29,31-39H2,1-5H3,(H-,44,47,49,50)/p+1/b10-8-,16-14-,21-20-,24-23-,30-28-. The molecule has 0 aromatic heterocycles. The summed E-state index contributed by atoms with van der Waals surface area (Å²) < 4.78 is 23.4. The summed E-state index contributed by atoms with van der Waals surface area (Å²) in [6.45, 7) is 4.41. The Balaban J connectivity index is 4.68. The fourth-order valence-corrected chi connectivity index (χ4v) is 6.26. The molecule has 0 spiro atoms. The number of quaternary nitrogens is 1. The van der Waals surface area contributed by atoms with Crippen LogP contribution in [0.5, 0.6) is 0 Å². The Labute approximate surface area is 324 Å². The van der Waals surface area contributed by atoms with E-state index in [2.05, 4.69) is 79.9 Å². The van der Waals surface area contributed by atoms with Crippen molar-refractivity contribution in [3.8, 4) is 0 Å². The third kappa shape index (κ3) is 35.6. The zero-order valence-electron chi connectivity index (χ0n) is 34.3. The second-order valence-corrected chi connectivity index (χ2v) is 16.6. The maximum absolute atomic E-state index is 12.8. The molecule has 4 N–H and O–H groups in total. The molecule has 0 radical (unpaired) electrons. The van der Waals surface area contributed by atoms with Gasteiger partial charge in [0.1, 0.15) is 19.3 Å². The molecule has 308 valence electrons. The van der Waals surface area contributed by atoms with Crippen molar-refractivity contribution in [3.63, 3.8) is 0 Å². The molecular weight excluding hydrogens is 687 g/mol. The van der Waals surface area contributed by atoms with Gasteiger partial charge in [-0.1, -0.05) is 152 Å². The van der Waals surface area contributed by atoms with E-state index in [1.165, 1.54) is 57.8 Å². The van der Waals surface area contributed by atoms with E-state index >= 15 is 0 Å². The van der Waals surface area contributed by atoms with Crippen molar-refractivity contribution in [2.75, 3.05) is 40.9 Å². The van der Waals surface area contributed by atoms with Gasteiger partial charge in [0.2, 0.25) is 5.91 Å². The molecule has 0 bridgehead atoms. The lowest BCUT2D eigenvalue weighted by Gasteiger charge is -2.28. The van der Waals surface area contributed by atoms with E-state index in [0.717, 1.165) is 57.8 Å². The number of amides is 1. The van der Waals surface area contributed by atoms with E-state index in [0.29, 0.717) is 23.9 Å². The van der Waals surface area contributed by atoms with Gasteiger partial charge in [-0.25, -0.2) is 4.57 Å². The second-order valence-electron chi connectivity index (χ2n) is 15.1. The van der Waals surface area contributed by atoms with Crippen molar-refractivity contribution >= 4 is 13.7 Å². The van der Waals surface area contributed by atoms with Gasteiger partial charge in [0, 0.05) is 6.42 Å². The zero-order chi connectivity index (χ0) is 39.5. The summed E-state index contributed by atoms with van der Waals surface area (Å²) in [5.41, 5.74) is 0. The highest BCUT2D eigenvalue weighted by Gasteiger charge is 2.31. The number of nitrogens with one attached hydrogen (secondary N) is 1. The van der Waals surface area contributed by atoms with Gasteiger partial charge >= 0.3 is 7.82 Å². The van der Waals surface area contributed by atoms with E-state index < -0.39 is 32.7 Å². The summed E-state index contributed by atoms with van der Waals surface area (Å²) >= 11 is 0. The number of hydrogen-bond donors (Lipinski definition) is 4. The Morgan fingerprint density at radius 1 is 0.679 bits per heavy atom. The van der Waals surface area contributed by atoms with Crippen LogP contribution in [0.25, 0.3) is 0 Å². The number of phosphoric acid groups is 1. The minimum absolute atomic E-state index is 0.00818. The third-order valence-electron chi connectivity index (χ3n) is 8.87. The number of allylic oxidation sites excluding steroid dienone is 10. The van der Waals surface area contributed by atoms with E-state index in [4.69, 9.17) is 9.05 Å². The predicted molar refractivity (Wildman–Crippen MR) is 223 cm³/mol. The molecule has 0 aliphatic heterocycles. The Hall–Kier alpha value is -1.84. The van der Waals surface area contributed by atoms with E-state index in [1.807, 2.05) is 21.1 Å². The van der Waals surface area contributed by atoms with E-state index in [1.54, 1.807) is 0 Å². The zero-order valence-corrected chi connectivity index (χ0v) is 35.2. The number of carbonyl (C=O) groups is 1. The Morgan fingerprint density at radius 3 is 1.64 bits per heavy atom. The number of hydrogen-bond acceptors (Lipinski definition) is 6. The second kappa shape index (κ2) is 34.6. The van der Waals surface area contributed by atoms with Crippen molar-refractivity contribution in [1.82, 2.24) is 5.32 Å². The van der Waals surface area contributed by atoms with Crippen LogP contribution in [-0.2, 0) is 18.4 Å². The monoisotopic (exact) mass is 768 g/mol. The van der Waals surface area contributed by atoms with E-state index in [9.17, 15) is 24.5 Å². The number of phosphoric ester groups is 1. The Kier molecular flexibility index (Phi) is 33.4. The average Bonchev–Trinajstić information content (AvgIpc) is 3.10. The number of carbonyl (C=O) groups excluding carboxylic acids is 1. The van der Waals surface area contributed by atoms with Crippen LogP contribution in [0, 0.1) is 0 Å². The summed E-state index contributed by atoms with van der Waals surface area (Å²) in [4.78, 5) is 23.1. The van der Waals surface area contributed by atoms with Crippen LogP contribution in [-0.4, -0.2) is 84.6 Å². The molecule has 0 aromatic carbocycles. The van der Waals surface area contributed by atoms with Gasteiger partial charge in [0.15, 0.2) is 0 Å². The quantitative estimate of drug-likeness (QED) is 0.0217. The smallest absolute Gasteiger partial charge is 0.390 e. The normalized spacial score (nSPS) is 15.7. The largest absolute Gasteiger partial charge is 0.472 e. The topological polar surface area (TPSA) is 125 Å². The molecule has 0 aromatic rings. The number of likely N-dealkylation sites (N-methyl/N-ethyl adjacent to an activating group) is 1. The maximum atomic E-state index is 12.8. The minimum atomic E-state index is -4.43. The highest BCUT2D eigenvalue weighted by Crippen LogP contribution is 2.43. The van der Waals surface area contributed by atoms with Crippen LogP contribution in [0.1, 0.15) is 149 Å². The summed E-state index contributed by atoms with van der Waals surface area (Å²) in [5, 5.41) is 24.6. The molecule has 0 fully saturated rings. The van der Waals surface area contributed by atoms with Crippen LogP contribution >= 0.6 is 7.82 Å². The fourth-order valence-electron chi connectivity index (χ4n) is 5.53. The highest BCUT2D eigenvalue weighted by molar-refractivity contribution is 7.47. The first-order valence-electron chi connectivity index (χ1n) is 20.7. The molecule has 0 aliphatic rings. The average molecular weight is 768 g/mol. The number of nitrogens with zero attached hydrogens (tertiary/aromatic N) is 1. The molecule has 0 saturated carbocycles. The van der Waals surface area contributed by atoms with Crippen LogP contribution in [0.4, 0.5) is 0 Å². The van der Waals surface area contributed by atoms with Crippen molar-refractivity contribution in [2.45, 2.75) is 167 Å². The number of rotatable bonds is 36. The van der Waals surface area contributed by atoms with E-state index in [-0.39, 0.29) is 18.9 Å². The Bertz CT molecular complexity index is 1070. The van der Waals surface area contributed by atoms with Gasteiger partial charge in [-0.05, 0) is 51.4 Å². The Morgan fingerprint density at radius 2 is 1.15 bits per heavy atom. The highest BCUT2D eigenvalue weighted by atomic mass is 31.2. The van der Waals surface area contributed by atoms with Crippen molar-refractivity contribution in [2.24, 2.45) is 0 Å². The first-order valence-corrected chi connectivity index (χ1v) is 22.2. The lowest BCUT2D eigenvalue weighted by atomic mass is 9.99. The summed E-state index contributed by atoms with van der Waals surface area (Å²) in [7, 11) is 1.39. The summed E-state index contributed by atoms with van der Waals surface area (Å²) in [6, 6.07) is -1.06. The van der Waals surface area contributed by atoms with Gasteiger partial charge in [0.25, 0.3) is 0 Å². The molecule has 9 nitrogen and oxygen atoms in total. The first-order chi connectivity index (χ1) is 25.4. The molecule has 4 unspecified atom stereocenters. The van der Waals surface area contributed by atoms with Crippen molar-refractivity contribution in [1.29, 1.82) is 0 Å². The molecule has 0 rings (SSSR count). The predicted octanol–water partition coefficient (Wildman–Crippen LogP) is 10.0.